The molecule has 0 aliphatic rings. The number of carbonyl (C=O) groups is 1. The molecule has 0 fully saturated rings. The number of rotatable bonds is 4. The fourth-order valence-electron chi connectivity index (χ4n) is 2.59. The third kappa shape index (κ3) is 3.93. The molecule has 6 heteroatoms. The molecule has 0 aliphatic heterocycles. The highest BCUT2D eigenvalue weighted by molar-refractivity contribution is 5.91. The highest BCUT2D eigenvalue weighted by atomic mass is 19.4. The minimum atomic E-state index is -4.83. The molecule has 0 saturated heterocycles. The van der Waals surface area contributed by atoms with Crippen LogP contribution in [0.1, 0.15) is 41.0 Å². The molecule has 128 valence electrons. The van der Waals surface area contributed by atoms with Crippen molar-refractivity contribution in [3.8, 4) is 11.3 Å². The number of hydrogen-bond acceptors (Lipinski definition) is 2. The van der Waals surface area contributed by atoms with E-state index in [1.807, 2.05) is 26.8 Å². The normalized spacial score (nSPS) is 11.8. The van der Waals surface area contributed by atoms with Crippen LogP contribution in [0.4, 0.5) is 13.2 Å². The Labute approximate surface area is 138 Å². The van der Waals surface area contributed by atoms with Gasteiger partial charge in [0.15, 0.2) is 5.69 Å². The lowest BCUT2D eigenvalue weighted by atomic mass is 9.94. The van der Waals surface area contributed by atoms with Crippen LogP contribution in [0.25, 0.3) is 11.3 Å². The zero-order chi connectivity index (χ0) is 18.1. The van der Waals surface area contributed by atoms with Crippen LogP contribution in [0.2, 0.25) is 0 Å². The lowest BCUT2D eigenvalue weighted by Crippen LogP contribution is -2.19. The Hall–Kier alpha value is -2.37. The fraction of sp³-hybridized carbons (Fsp3) is 0.333. The molecule has 1 heterocycles. The number of hydrogen-bond donors (Lipinski definition) is 1. The number of halogens is 3. The van der Waals surface area contributed by atoms with Gasteiger partial charge in [0.1, 0.15) is 0 Å². The first-order valence-electron chi connectivity index (χ1n) is 7.51. The second-order valence-electron chi connectivity index (χ2n) is 6.16. The number of aromatic nitrogens is 1. The molecule has 0 spiro atoms. The van der Waals surface area contributed by atoms with Gasteiger partial charge in [-0.15, -0.1) is 0 Å². The van der Waals surface area contributed by atoms with Crippen molar-refractivity contribution in [2.24, 2.45) is 5.92 Å². The van der Waals surface area contributed by atoms with E-state index in [4.69, 9.17) is 0 Å². The number of alkyl halides is 3. The zero-order valence-corrected chi connectivity index (χ0v) is 13.6. The standard InChI is InChI=1S/C18H18F3NO2/c1-10(2)7-13-9-14(12-6-4-5-11(3)8-12)22-16(18(19,20)21)15(13)17(23)24/h4-6,8-10H,7H2,1-3H3,(H,23,24). The van der Waals surface area contributed by atoms with Gasteiger partial charge in [-0.2, -0.15) is 13.2 Å². The summed E-state index contributed by atoms with van der Waals surface area (Å²) in [7, 11) is 0. The molecule has 24 heavy (non-hydrogen) atoms. The quantitative estimate of drug-likeness (QED) is 0.857. The maximum absolute atomic E-state index is 13.4. The summed E-state index contributed by atoms with van der Waals surface area (Å²) in [6, 6.07) is 8.40. The molecule has 2 rings (SSSR count). The Balaban J connectivity index is 2.77. The molecule has 1 N–H and O–H groups in total. The zero-order valence-electron chi connectivity index (χ0n) is 13.6. The predicted molar refractivity (Wildman–Crippen MR) is 84.9 cm³/mol. The van der Waals surface area contributed by atoms with Crippen molar-refractivity contribution in [3.63, 3.8) is 0 Å². The van der Waals surface area contributed by atoms with Crippen molar-refractivity contribution in [1.82, 2.24) is 4.98 Å². The van der Waals surface area contributed by atoms with Crippen LogP contribution in [0, 0.1) is 12.8 Å². The number of nitrogens with zero attached hydrogens (tertiary/aromatic N) is 1. The van der Waals surface area contributed by atoms with Crippen molar-refractivity contribution < 1.29 is 23.1 Å². The van der Waals surface area contributed by atoms with Crippen molar-refractivity contribution in [2.45, 2.75) is 33.4 Å². The number of pyridine rings is 1. The Kier molecular flexibility index (Phi) is 4.96. The summed E-state index contributed by atoms with van der Waals surface area (Å²) in [5.74, 6) is -1.60. The summed E-state index contributed by atoms with van der Waals surface area (Å²) in [5.41, 5.74) is -0.404. The second-order valence-corrected chi connectivity index (χ2v) is 6.16. The smallest absolute Gasteiger partial charge is 0.434 e. The highest BCUT2D eigenvalue weighted by Crippen LogP contribution is 2.35. The molecule has 1 aromatic heterocycles. The average Bonchev–Trinajstić information content (AvgIpc) is 2.44. The van der Waals surface area contributed by atoms with E-state index in [0.29, 0.717) is 5.56 Å². The van der Waals surface area contributed by atoms with Gasteiger partial charge in [-0.05, 0) is 37.0 Å². The van der Waals surface area contributed by atoms with Crippen molar-refractivity contribution in [1.29, 1.82) is 0 Å². The molecular weight excluding hydrogens is 319 g/mol. The Morgan fingerprint density at radius 1 is 1.25 bits per heavy atom. The largest absolute Gasteiger partial charge is 0.478 e. The van der Waals surface area contributed by atoms with Crippen molar-refractivity contribution in [2.75, 3.05) is 0 Å². The van der Waals surface area contributed by atoms with Gasteiger partial charge in [-0.1, -0.05) is 37.6 Å². The van der Waals surface area contributed by atoms with Crippen LogP contribution < -0.4 is 0 Å². The van der Waals surface area contributed by atoms with Gasteiger partial charge in [0, 0.05) is 5.56 Å². The van der Waals surface area contributed by atoms with Crippen LogP contribution in [0.15, 0.2) is 30.3 Å². The second kappa shape index (κ2) is 6.63. The number of aryl methyl sites for hydroxylation is 1. The van der Waals surface area contributed by atoms with Gasteiger partial charge < -0.3 is 5.11 Å². The van der Waals surface area contributed by atoms with Gasteiger partial charge in [-0.3, -0.25) is 0 Å². The highest BCUT2D eigenvalue weighted by Gasteiger charge is 2.39. The number of aromatic carboxylic acids is 1. The summed E-state index contributed by atoms with van der Waals surface area (Å²) in [5, 5.41) is 9.29. The minimum absolute atomic E-state index is 0.0111. The molecule has 0 amide bonds. The topological polar surface area (TPSA) is 50.2 Å². The molecular formula is C18H18F3NO2. The van der Waals surface area contributed by atoms with Crippen LogP contribution in [-0.4, -0.2) is 16.1 Å². The lowest BCUT2D eigenvalue weighted by molar-refractivity contribution is -0.141. The Morgan fingerprint density at radius 3 is 2.42 bits per heavy atom. The van der Waals surface area contributed by atoms with Crippen molar-refractivity contribution in [3.05, 3.63) is 52.7 Å². The van der Waals surface area contributed by atoms with Crippen LogP contribution in [0.5, 0.6) is 0 Å². The van der Waals surface area contributed by atoms with Crippen LogP contribution in [0.3, 0.4) is 0 Å². The van der Waals surface area contributed by atoms with E-state index in [2.05, 4.69) is 4.98 Å². The Morgan fingerprint density at radius 2 is 1.92 bits per heavy atom. The number of carboxylic acids is 1. The molecule has 0 aliphatic carbocycles. The van der Waals surface area contributed by atoms with Crippen LogP contribution in [-0.2, 0) is 12.6 Å². The van der Waals surface area contributed by atoms with Gasteiger partial charge in [0.25, 0.3) is 0 Å². The van der Waals surface area contributed by atoms with Gasteiger partial charge in [0.05, 0.1) is 11.3 Å². The third-order valence-corrected chi connectivity index (χ3v) is 3.53. The van der Waals surface area contributed by atoms with E-state index >= 15 is 0 Å². The molecule has 2 aromatic rings. The van der Waals surface area contributed by atoms with E-state index in [1.165, 1.54) is 6.07 Å². The summed E-state index contributed by atoms with van der Waals surface area (Å²) in [4.78, 5) is 15.1. The monoisotopic (exact) mass is 337 g/mol. The molecule has 0 bridgehead atoms. The Bertz CT molecular complexity index is 767. The first-order valence-corrected chi connectivity index (χ1v) is 7.51. The van der Waals surface area contributed by atoms with E-state index in [9.17, 15) is 23.1 Å². The average molecular weight is 337 g/mol. The lowest BCUT2D eigenvalue weighted by Gasteiger charge is -2.17. The van der Waals surface area contributed by atoms with Crippen LogP contribution >= 0.6 is 0 Å². The molecule has 0 saturated carbocycles. The first-order chi connectivity index (χ1) is 11.1. The van der Waals surface area contributed by atoms with Gasteiger partial charge in [-0.25, -0.2) is 9.78 Å². The number of carboxylic acid groups (broad SMARTS) is 1. The minimum Gasteiger partial charge on any atom is -0.478 e. The summed E-state index contributed by atoms with van der Waals surface area (Å²) >= 11 is 0. The van der Waals surface area contributed by atoms with E-state index in [-0.39, 0.29) is 23.6 Å². The summed E-state index contributed by atoms with van der Waals surface area (Å²) in [6.45, 7) is 5.48. The van der Waals surface area contributed by atoms with E-state index < -0.39 is 23.4 Å². The summed E-state index contributed by atoms with van der Waals surface area (Å²) < 4.78 is 40.1. The van der Waals surface area contributed by atoms with E-state index in [1.54, 1.807) is 18.2 Å². The molecule has 0 radical (unpaired) electrons. The van der Waals surface area contributed by atoms with Crippen molar-refractivity contribution >= 4 is 5.97 Å². The maximum Gasteiger partial charge on any atom is 0.434 e. The van der Waals surface area contributed by atoms with Gasteiger partial charge in [0.2, 0.25) is 0 Å². The number of benzene rings is 1. The molecule has 3 nitrogen and oxygen atoms in total. The molecule has 0 atom stereocenters. The summed E-state index contributed by atoms with van der Waals surface area (Å²) in [6.07, 6.45) is -4.61. The predicted octanol–water partition coefficient (Wildman–Crippen LogP) is 4.97. The molecule has 0 unspecified atom stereocenters. The SMILES string of the molecule is Cc1cccc(-c2cc(CC(C)C)c(C(=O)O)c(C(F)(F)F)n2)c1. The van der Waals surface area contributed by atoms with E-state index in [0.717, 1.165) is 5.56 Å². The van der Waals surface area contributed by atoms with Gasteiger partial charge >= 0.3 is 12.1 Å². The third-order valence-electron chi connectivity index (χ3n) is 3.53. The molecule has 1 aromatic carbocycles. The first kappa shape index (κ1) is 18.0. The fourth-order valence-corrected chi connectivity index (χ4v) is 2.59. The maximum atomic E-state index is 13.4.